The normalized spacial score (nSPS) is 11.5. The van der Waals surface area contributed by atoms with Crippen LogP contribution in [0.15, 0.2) is 34.9 Å². The Kier molecular flexibility index (Phi) is 5.48. The summed E-state index contributed by atoms with van der Waals surface area (Å²) < 4.78 is 54.7. The quantitative estimate of drug-likeness (QED) is 0.631. The molecule has 11 heteroatoms. The number of alkyl halides is 3. The van der Waals surface area contributed by atoms with Crippen LogP contribution in [0.2, 0.25) is 0 Å². The fourth-order valence-corrected chi connectivity index (χ4v) is 2.56. The second-order valence-corrected chi connectivity index (χ2v) is 6.08. The summed E-state index contributed by atoms with van der Waals surface area (Å²) in [6.45, 7) is -0.576. The minimum atomic E-state index is -4.55. The first-order valence-electron chi connectivity index (χ1n) is 8.28. The highest BCUT2D eigenvalue weighted by molar-refractivity contribution is 6.07. The van der Waals surface area contributed by atoms with E-state index < -0.39 is 36.9 Å². The highest BCUT2D eigenvalue weighted by atomic mass is 19.4. The fourth-order valence-electron chi connectivity index (χ4n) is 2.56. The number of carbonyl (C=O) groups excluding carboxylic acids is 2. The number of aryl methyl sites for hydroxylation is 1. The lowest BCUT2D eigenvalue weighted by molar-refractivity contribution is -0.137. The predicted octanol–water partition coefficient (Wildman–Crippen LogP) is 2.75. The zero-order valence-corrected chi connectivity index (χ0v) is 14.9. The first-order chi connectivity index (χ1) is 13.6. The van der Waals surface area contributed by atoms with Crippen molar-refractivity contribution in [2.24, 2.45) is 0 Å². The molecular weight excluding hydrogens is 396 g/mol. The topological polar surface area (TPSA) is 97.1 Å². The molecule has 152 valence electrons. The summed E-state index contributed by atoms with van der Waals surface area (Å²) in [6.07, 6.45) is -4.55. The second-order valence-electron chi connectivity index (χ2n) is 6.08. The molecule has 0 radical (unpaired) electrons. The van der Waals surface area contributed by atoms with Crippen LogP contribution in [-0.2, 0) is 4.79 Å². The third-order valence-corrected chi connectivity index (χ3v) is 3.90. The first kappa shape index (κ1) is 20.2. The number of carbonyl (C=O) groups is 2. The third kappa shape index (κ3) is 4.86. The fraction of sp³-hybridized carbons (Fsp3) is 0.222. The number of nitrogens with one attached hydrogen (secondary N) is 2. The number of rotatable bonds is 5. The number of benzene rings is 1. The van der Waals surface area contributed by atoms with E-state index in [1.54, 1.807) is 12.2 Å². The number of amides is 2. The van der Waals surface area contributed by atoms with Crippen molar-refractivity contribution in [2.75, 3.05) is 13.1 Å². The van der Waals surface area contributed by atoms with Crippen LogP contribution in [0.5, 0.6) is 0 Å². The zero-order valence-electron chi connectivity index (χ0n) is 14.9. The van der Waals surface area contributed by atoms with Gasteiger partial charge in [0.2, 0.25) is 5.91 Å². The Morgan fingerprint density at radius 2 is 1.83 bits per heavy atom. The van der Waals surface area contributed by atoms with Crippen molar-refractivity contribution in [3.8, 4) is 11.3 Å². The molecule has 2 heterocycles. The summed E-state index contributed by atoms with van der Waals surface area (Å²) in [5.74, 6) is -2.18. The average Bonchev–Trinajstić information content (AvgIpc) is 3.04. The van der Waals surface area contributed by atoms with Crippen molar-refractivity contribution in [1.82, 2.24) is 20.8 Å². The summed E-state index contributed by atoms with van der Waals surface area (Å²) in [5, 5.41) is 7.97. The van der Waals surface area contributed by atoms with Gasteiger partial charge in [0, 0.05) is 5.56 Å². The molecule has 2 amide bonds. The standard InChI is InChI=1S/C18H14F4N4O3/c1-9-15-12(16(28)23-7-14(27)24-8-18(20,21)22)6-13(25-17(15)29-26-9)10-2-4-11(19)5-3-10/h2-6H,7-8H2,1H3,(H,23,28)(H,24,27). The van der Waals surface area contributed by atoms with E-state index in [9.17, 15) is 27.2 Å². The van der Waals surface area contributed by atoms with E-state index >= 15 is 0 Å². The van der Waals surface area contributed by atoms with E-state index in [1.165, 1.54) is 30.3 Å². The minimum absolute atomic E-state index is 0.0518. The number of nitrogens with zero attached hydrogens (tertiary/aromatic N) is 2. The first-order valence-corrected chi connectivity index (χ1v) is 8.28. The maximum absolute atomic E-state index is 13.2. The van der Waals surface area contributed by atoms with Crippen LogP contribution in [0, 0.1) is 12.7 Å². The molecule has 0 spiro atoms. The van der Waals surface area contributed by atoms with Crippen LogP contribution < -0.4 is 10.6 Å². The summed E-state index contributed by atoms with van der Waals surface area (Å²) >= 11 is 0. The van der Waals surface area contributed by atoms with Gasteiger partial charge < -0.3 is 15.2 Å². The van der Waals surface area contributed by atoms with Crippen LogP contribution in [0.3, 0.4) is 0 Å². The van der Waals surface area contributed by atoms with E-state index in [1.807, 2.05) is 0 Å². The Hall–Kier alpha value is -3.50. The molecule has 0 atom stereocenters. The van der Waals surface area contributed by atoms with E-state index in [4.69, 9.17) is 4.52 Å². The summed E-state index contributed by atoms with van der Waals surface area (Å²) in [5.41, 5.74) is 1.28. The average molecular weight is 410 g/mol. The lowest BCUT2D eigenvalue weighted by Gasteiger charge is -2.10. The van der Waals surface area contributed by atoms with Gasteiger partial charge in [-0.2, -0.15) is 13.2 Å². The Balaban J connectivity index is 1.85. The molecule has 2 N–H and O–H groups in total. The van der Waals surface area contributed by atoms with Crippen LogP contribution in [0.1, 0.15) is 16.1 Å². The molecule has 0 fully saturated rings. The van der Waals surface area contributed by atoms with E-state index in [2.05, 4.69) is 15.5 Å². The summed E-state index contributed by atoms with van der Waals surface area (Å²) in [6, 6.07) is 6.76. The van der Waals surface area contributed by atoms with Crippen molar-refractivity contribution in [2.45, 2.75) is 13.1 Å². The van der Waals surface area contributed by atoms with Gasteiger partial charge in [0.05, 0.1) is 28.9 Å². The van der Waals surface area contributed by atoms with Gasteiger partial charge in [-0.15, -0.1) is 0 Å². The molecule has 3 aromatic rings. The maximum Gasteiger partial charge on any atom is 0.405 e. The molecular formula is C18H14F4N4O3. The van der Waals surface area contributed by atoms with Gasteiger partial charge in [0.25, 0.3) is 11.6 Å². The Morgan fingerprint density at radius 3 is 2.48 bits per heavy atom. The Bertz CT molecular complexity index is 1060. The lowest BCUT2D eigenvalue weighted by Crippen LogP contribution is -2.40. The number of pyridine rings is 1. The number of aromatic nitrogens is 2. The molecule has 0 aliphatic carbocycles. The van der Waals surface area contributed by atoms with Gasteiger partial charge in [-0.3, -0.25) is 9.59 Å². The number of hydrogen-bond donors (Lipinski definition) is 2. The molecule has 1 aromatic carbocycles. The van der Waals surface area contributed by atoms with Gasteiger partial charge in [0.1, 0.15) is 12.4 Å². The molecule has 0 saturated carbocycles. The zero-order chi connectivity index (χ0) is 21.2. The van der Waals surface area contributed by atoms with E-state index in [-0.39, 0.29) is 11.3 Å². The minimum Gasteiger partial charge on any atom is -0.345 e. The molecule has 0 aliphatic rings. The third-order valence-electron chi connectivity index (χ3n) is 3.90. The SMILES string of the molecule is Cc1noc2nc(-c3ccc(F)cc3)cc(C(=O)NCC(=O)NCC(F)(F)F)c12. The molecule has 29 heavy (non-hydrogen) atoms. The van der Waals surface area contributed by atoms with Crippen molar-refractivity contribution in [3.63, 3.8) is 0 Å². The van der Waals surface area contributed by atoms with Gasteiger partial charge in [0.15, 0.2) is 0 Å². The number of hydrogen-bond acceptors (Lipinski definition) is 5. The molecule has 2 aromatic heterocycles. The smallest absolute Gasteiger partial charge is 0.345 e. The van der Waals surface area contributed by atoms with Crippen molar-refractivity contribution >= 4 is 22.9 Å². The molecule has 0 saturated heterocycles. The van der Waals surface area contributed by atoms with Crippen LogP contribution in [-0.4, -0.2) is 41.2 Å². The summed E-state index contributed by atoms with van der Waals surface area (Å²) in [7, 11) is 0. The highest BCUT2D eigenvalue weighted by Gasteiger charge is 2.28. The van der Waals surface area contributed by atoms with Crippen molar-refractivity contribution < 1.29 is 31.7 Å². The van der Waals surface area contributed by atoms with Crippen molar-refractivity contribution in [3.05, 3.63) is 47.4 Å². The molecule has 3 rings (SSSR count). The lowest BCUT2D eigenvalue weighted by atomic mass is 10.1. The highest BCUT2D eigenvalue weighted by Crippen LogP contribution is 2.27. The predicted molar refractivity (Wildman–Crippen MR) is 93.3 cm³/mol. The van der Waals surface area contributed by atoms with Gasteiger partial charge >= 0.3 is 6.18 Å². The van der Waals surface area contributed by atoms with Crippen LogP contribution >= 0.6 is 0 Å². The van der Waals surface area contributed by atoms with Crippen LogP contribution in [0.25, 0.3) is 22.4 Å². The van der Waals surface area contributed by atoms with E-state index in [0.29, 0.717) is 22.3 Å². The van der Waals surface area contributed by atoms with Gasteiger partial charge in [-0.05, 0) is 37.3 Å². The van der Waals surface area contributed by atoms with Gasteiger partial charge in [-0.1, -0.05) is 5.16 Å². The van der Waals surface area contributed by atoms with Crippen molar-refractivity contribution in [1.29, 1.82) is 0 Å². The Labute approximate surface area is 161 Å². The summed E-state index contributed by atoms with van der Waals surface area (Å²) in [4.78, 5) is 28.4. The largest absolute Gasteiger partial charge is 0.405 e. The maximum atomic E-state index is 13.2. The molecule has 0 bridgehead atoms. The molecule has 7 nitrogen and oxygen atoms in total. The Morgan fingerprint density at radius 1 is 1.14 bits per heavy atom. The second kappa shape index (κ2) is 7.86. The van der Waals surface area contributed by atoms with E-state index in [0.717, 1.165) is 0 Å². The van der Waals surface area contributed by atoms with Gasteiger partial charge in [-0.25, -0.2) is 9.37 Å². The number of fused-ring (bicyclic) bond motifs is 1. The van der Waals surface area contributed by atoms with Crippen LogP contribution in [0.4, 0.5) is 17.6 Å². The monoisotopic (exact) mass is 410 g/mol. The number of halogens is 4. The molecule has 0 unspecified atom stereocenters. The molecule has 0 aliphatic heterocycles.